The van der Waals surface area contributed by atoms with Gasteiger partial charge in [-0.25, -0.2) is 0 Å². The lowest BCUT2D eigenvalue weighted by Gasteiger charge is -2.29. The van der Waals surface area contributed by atoms with Crippen LogP contribution in [0.25, 0.3) is 0 Å². The maximum absolute atomic E-state index is 13.3. The molecule has 22 heavy (non-hydrogen) atoms. The number of halogens is 3. The standard InChI is InChI=1S/C15H18F3NO3/c1-13(2)8-21-14(15(16,17)18)12(22-14)11(19-13)9-5-4-6-10(7-9)20-3/h4-7,11-12,19H,8H2,1-3H3/t11-,12+,14-/m1/s1. The van der Waals surface area contributed by atoms with Crippen molar-refractivity contribution in [3.8, 4) is 5.75 Å². The normalized spacial score (nSPS) is 33.7. The van der Waals surface area contributed by atoms with Crippen molar-refractivity contribution in [1.82, 2.24) is 5.32 Å². The van der Waals surface area contributed by atoms with E-state index in [0.29, 0.717) is 11.3 Å². The van der Waals surface area contributed by atoms with Gasteiger partial charge in [0.2, 0.25) is 0 Å². The molecule has 2 fully saturated rings. The number of fused-ring (bicyclic) bond motifs is 1. The van der Waals surface area contributed by atoms with Crippen molar-refractivity contribution >= 4 is 0 Å². The second-order valence-electron chi connectivity index (χ2n) is 6.27. The monoisotopic (exact) mass is 317 g/mol. The van der Waals surface area contributed by atoms with Crippen molar-refractivity contribution in [2.75, 3.05) is 13.7 Å². The third-order valence-electron chi connectivity index (χ3n) is 3.96. The van der Waals surface area contributed by atoms with E-state index in [1.807, 2.05) is 0 Å². The van der Waals surface area contributed by atoms with Gasteiger partial charge in [-0.05, 0) is 31.5 Å². The third-order valence-corrected chi connectivity index (χ3v) is 3.96. The lowest BCUT2D eigenvalue weighted by molar-refractivity contribution is -0.273. The zero-order chi connectivity index (χ0) is 16.2. The summed E-state index contributed by atoms with van der Waals surface area (Å²) in [7, 11) is 1.51. The Morgan fingerprint density at radius 1 is 1.32 bits per heavy atom. The predicted molar refractivity (Wildman–Crippen MR) is 72.6 cm³/mol. The highest BCUT2D eigenvalue weighted by atomic mass is 19.4. The number of alkyl halides is 3. The molecule has 1 aromatic carbocycles. The molecule has 4 nitrogen and oxygen atoms in total. The summed E-state index contributed by atoms with van der Waals surface area (Å²) in [4.78, 5) is 0. The molecule has 2 aliphatic rings. The van der Waals surface area contributed by atoms with Gasteiger partial charge < -0.3 is 19.5 Å². The van der Waals surface area contributed by atoms with E-state index < -0.39 is 29.6 Å². The zero-order valence-corrected chi connectivity index (χ0v) is 12.5. The Kier molecular flexibility index (Phi) is 3.43. The maximum atomic E-state index is 13.3. The molecule has 0 bridgehead atoms. The number of benzene rings is 1. The molecule has 0 unspecified atom stereocenters. The molecular weight excluding hydrogens is 299 g/mol. The number of rotatable bonds is 2. The minimum absolute atomic E-state index is 0.0938. The van der Waals surface area contributed by atoms with Crippen molar-refractivity contribution in [2.24, 2.45) is 0 Å². The predicted octanol–water partition coefficient (Wildman–Crippen LogP) is 2.79. The molecule has 122 valence electrons. The van der Waals surface area contributed by atoms with Crippen LogP contribution in [0, 0.1) is 0 Å². The summed E-state index contributed by atoms with van der Waals surface area (Å²) in [6.45, 7) is 3.51. The lowest BCUT2D eigenvalue weighted by atomic mass is 9.97. The summed E-state index contributed by atoms with van der Waals surface area (Å²) >= 11 is 0. The smallest absolute Gasteiger partial charge is 0.446 e. The Balaban J connectivity index is 1.98. The Bertz CT molecular complexity index is 575. The second-order valence-corrected chi connectivity index (χ2v) is 6.27. The molecule has 0 saturated carbocycles. The number of epoxide rings is 1. The first-order valence-electron chi connectivity index (χ1n) is 6.99. The summed E-state index contributed by atoms with van der Waals surface area (Å²) in [6, 6.07) is 6.32. The summed E-state index contributed by atoms with van der Waals surface area (Å²) in [5.74, 6) is -1.93. The number of nitrogens with one attached hydrogen (secondary N) is 1. The molecule has 0 aromatic heterocycles. The van der Waals surface area contributed by atoms with Gasteiger partial charge in [-0.15, -0.1) is 0 Å². The van der Waals surface area contributed by atoms with Crippen LogP contribution in [0.15, 0.2) is 24.3 Å². The summed E-state index contributed by atoms with van der Waals surface area (Å²) in [5, 5.41) is 3.21. The Morgan fingerprint density at radius 3 is 2.68 bits per heavy atom. The van der Waals surface area contributed by atoms with Gasteiger partial charge in [0.1, 0.15) is 11.9 Å². The molecule has 0 amide bonds. The first kappa shape index (κ1) is 15.6. The number of ether oxygens (including phenoxy) is 3. The van der Waals surface area contributed by atoms with Crippen molar-refractivity contribution in [3.05, 3.63) is 29.8 Å². The van der Waals surface area contributed by atoms with E-state index in [-0.39, 0.29) is 6.61 Å². The van der Waals surface area contributed by atoms with Crippen molar-refractivity contribution in [1.29, 1.82) is 0 Å². The van der Waals surface area contributed by atoms with Crippen LogP contribution in [0.1, 0.15) is 25.5 Å². The Morgan fingerprint density at radius 2 is 2.05 bits per heavy atom. The van der Waals surface area contributed by atoms with Crippen molar-refractivity contribution in [2.45, 2.75) is 43.5 Å². The SMILES string of the molecule is COc1cccc([C@H]2NC(C)(C)CO[C@@]3(C(F)(F)F)O[C@@H]23)c1. The Labute approximate surface area is 126 Å². The fourth-order valence-corrected chi connectivity index (χ4v) is 2.79. The third kappa shape index (κ3) is 2.47. The number of methoxy groups -OCH3 is 1. The van der Waals surface area contributed by atoms with E-state index in [1.165, 1.54) is 7.11 Å². The molecule has 3 rings (SSSR count). The second kappa shape index (κ2) is 4.84. The quantitative estimate of drug-likeness (QED) is 0.852. The molecule has 2 aliphatic heterocycles. The summed E-state index contributed by atoms with van der Waals surface area (Å²) in [6.07, 6.45) is -5.68. The van der Waals surface area contributed by atoms with Gasteiger partial charge in [0.05, 0.1) is 19.8 Å². The topological polar surface area (TPSA) is 43.0 Å². The van der Waals surface area contributed by atoms with E-state index >= 15 is 0 Å². The van der Waals surface area contributed by atoms with Gasteiger partial charge in [0.25, 0.3) is 5.79 Å². The van der Waals surface area contributed by atoms with Crippen LogP contribution in [-0.2, 0) is 9.47 Å². The fourth-order valence-electron chi connectivity index (χ4n) is 2.79. The van der Waals surface area contributed by atoms with Gasteiger partial charge in [-0.2, -0.15) is 13.2 Å². The molecular formula is C15H18F3NO3. The van der Waals surface area contributed by atoms with E-state index in [4.69, 9.17) is 14.2 Å². The van der Waals surface area contributed by atoms with Crippen molar-refractivity contribution < 1.29 is 27.4 Å². The lowest BCUT2D eigenvalue weighted by Crippen LogP contribution is -2.45. The van der Waals surface area contributed by atoms with Crippen LogP contribution < -0.4 is 10.1 Å². The average molecular weight is 317 g/mol. The molecule has 2 heterocycles. The average Bonchev–Trinajstić information content (AvgIpc) is 3.19. The van der Waals surface area contributed by atoms with E-state index in [1.54, 1.807) is 38.1 Å². The number of hydrogen-bond acceptors (Lipinski definition) is 4. The van der Waals surface area contributed by atoms with Crippen LogP contribution in [0.5, 0.6) is 5.75 Å². The fraction of sp³-hybridized carbons (Fsp3) is 0.600. The summed E-state index contributed by atoms with van der Waals surface area (Å²) < 4.78 is 55.2. The summed E-state index contributed by atoms with van der Waals surface area (Å²) in [5.41, 5.74) is 0.0667. The van der Waals surface area contributed by atoms with Crippen LogP contribution in [0.4, 0.5) is 13.2 Å². The maximum Gasteiger partial charge on any atom is 0.446 e. The van der Waals surface area contributed by atoms with Crippen molar-refractivity contribution in [3.63, 3.8) is 0 Å². The highest BCUT2D eigenvalue weighted by molar-refractivity contribution is 5.33. The minimum atomic E-state index is -4.57. The van der Waals surface area contributed by atoms with Crippen LogP contribution in [-0.4, -0.2) is 37.3 Å². The minimum Gasteiger partial charge on any atom is -0.497 e. The zero-order valence-electron chi connectivity index (χ0n) is 12.5. The molecule has 1 N–H and O–H groups in total. The van der Waals surface area contributed by atoms with Crippen LogP contribution in [0.3, 0.4) is 0 Å². The molecule has 0 aliphatic carbocycles. The molecule has 1 aromatic rings. The first-order valence-corrected chi connectivity index (χ1v) is 6.99. The Hall–Kier alpha value is -1.31. The molecule has 2 saturated heterocycles. The van der Waals surface area contributed by atoms with Gasteiger partial charge >= 0.3 is 6.18 Å². The van der Waals surface area contributed by atoms with E-state index in [9.17, 15) is 13.2 Å². The molecule has 0 radical (unpaired) electrons. The van der Waals surface area contributed by atoms with Crippen LogP contribution in [0.2, 0.25) is 0 Å². The highest BCUT2D eigenvalue weighted by Crippen LogP contribution is 2.56. The first-order chi connectivity index (χ1) is 10.2. The molecule has 0 spiro atoms. The van der Waals surface area contributed by atoms with E-state index in [0.717, 1.165) is 0 Å². The molecule has 3 atom stereocenters. The van der Waals surface area contributed by atoms with E-state index in [2.05, 4.69) is 5.32 Å². The van der Waals surface area contributed by atoms with Gasteiger partial charge in [0.15, 0.2) is 0 Å². The number of hydrogen-bond donors (Lipinski definition) is 1. The highest BCUT2D eigenvalue weighted by Gasteiger charge is 2.78. The largest absolute Gasteiger partial charge is 0.497 e. The van der Waals surface area contributed by atoms with Gasteiger partial charge in [-0.3, -0.25) is 0 Å². The van der Waals surface area contributed by atoms with Crippen LogP contribution >= 0.6 is 0 Å². The molecule has 7 heteroatoms. The van der Waals surface area contributed by atoms with Gasteiger partial charge in [0, 0.05) is 5.54 Å². The van der Waals surface area contributed by atoms with Gasteiger partial charge in [-0.1, -0.05) is 12.1 Å².